The van der Waals surface area contributed by atoms with Crippen molar-refractivity contribution in [2.45, 2.75) is 20.0 Å². The molecule has 24 heavy (non-hydrogen) atoms. The van der Waals surface area contributed by atoms with Crippen LogP contribution in [0, 0.1) is 0 Å². The molecule has 1 aliphatic carbocycles. The molecule has 0 bridgehead atoms. The summed E-state index contributed by atoms with van der Waals surface area (Å²) in [5.74, 6) is -0.331. The minimum absolute atomic E-state index is 0.331. The molecule has 0 fully saturated rings. The van der Waals surface area contributed by atoms with Gasteiger partial charge in [0.15, 0.2) is 0 Å². The van der Waals surface area contributed by atoms with E-state index in [1.54, 1.807) is 12.1 Å². The van der Waals surface area contributed by atoms with Gasteiger partial charge >= 0.3 is 5.97 Å². The third kappa shape index (κ3) is 2.95. The van der Waals surface area contributed by atoms with Crippen LogP contribution in [0.5, 0.6) is 0 Å². The highest BCUT2D eigenvalue weighted by Crippen LogP contribution is 2.45. The molecule has 2 aromatic rings. The summed E-state index contributed by atoms with van der Waals surface area (Å²) in [6.07, 6.45) is -0.681. The summed E-state index contributed by atoms with van der Waals surface area (Å²) >= 11 is 0. The lowest BCUT2D eigenvalue weighted by Crippen LogP contribution is -2.28. The van der Waals surface area contributed by atoms with Crippen LogP contribution in [-0.4, -0.2) is 42.2 Å². The van der Waals surface area contributed by atoms with Crippen LogP contribution < -0.4 is 0 Å². The van der Waals surface area contributed by atoms with E-state index in [0.29, 0.717) is 12.2 Å². The summed E-state index contributed by atoms with van der Waals surface area (Å²) in [7, 11) is 0. The van der Waals surface area contributed by atoms with E-state index >= 15 is 0 Å². The number of ether oxygens (including phenoxy) is 1. The Hall–Kier alpha value is -2.17. The molecule has 0 aliphatic heterocycles. The number of esters is 1. The standard InChI is InChI=1S/C20H23NO3/c1-3-21(4-2)12-13-24-20(23)17-11-7-10-16-18(17)14-8-5-6-9-15(14)19(16)22/h5-11,19,22H,3-4,12-13H2,1-2H3/t19-/m1/s1. The number of nitrogens with zero attached hydrogens (tertiary/aromatic N) is 1. The van der Waals surface area contributed by atoms with Gasteiger partial charge in [0, 0.05) is 12.1 Å². The molecule has 3 rings (SSSR count). The molecule has 0 saturated heterocycles. The van der Waals surface area contributed by atoms with Gasteiger partial charge in [-0.2, -0.15) is 0 Å². The number of fused-ring (bicyclic) bond motifs is 3. The van der Waals surface area contributed by atoms with Gasteiger partial charge < -0.3 is 14.7 Å². The SMILES string of the molecule is CCN(CC)CCOC(=O)c1cccc2c1-c1ccccc1[C@H]2O. The molecule has 2 aromatic carbocycles. The van der Waals surface area contributed by atoms with Crippen LogP contribution in [0.15, 0.2) is 42.5 Å². The van der Waals surface area contributed by atoms with E-state index in [2.05, 4.69) is 18.7 Å². The van der Waals surface area contributed by atoms with Crippen LogP contribution in [0.2, 0.25) is 0 Å². The molecule has 1 N–H and O–H groups in total. The molecule has 0 aromatic heterocycles. The van der Waals surface area contributed by atoms with E-state index in [-0.39, 0.29) is 5.97 Å². The number of aliphatic hydroxyl groups excluding tert-OH is 1. The maximum absolute atomic E-state index is 12.6. The summed E-state index contributed by atoms with van der Waals surface area (Å²) < 4.78 is 5.48. The van der Waals surface area contributed by atoms with Crippen LogP contribution in [0.4, 0.5) is 0 Å². The predicted molar refractivity (Wildman–Crippen MR) is 94.0 cm³/mol. The number of aliphatic hydroxyl groups is 1. The fraction of sp³-hybridized carbons (Fsp3) is 0.350. The van der Waals surface area contributed by atoms with Crippen LogP contribution in [0.1, 0.15) is 41.4 Å². The molecular formula is C20H23NO3. The van der Waals surface area contributed by atoms with Crippen molar-refractivity contribution in [3.8, 4) is 11.1 Å². The first kappa shape index (κ1) is 16.7. The molecule has 1 aliphatic rings. The number of likely N-dealkylation sites (N-methyl/N-ethyl adjacent to an activating group) is 1. The molecule has 0 amide bonds. The van der Waals surface area contributed by atoms with Crippen LogP contribution in [-0.2, 0) is 4.74 Å². The Labute approximate surface area is 142 Å². The fourth-order valence-corrected chi connectivity index (χ4v) is 3.28. The van der Waals surface area contributed by atoms with Gasteiger partial charge in [0.25, 0.3) is 0 Å². The van der Waals surface area contributed by atoms with Crippen molar-refractivity contribution >= 4 is 5.97 Å². The van der Waals surface area contributed by atoms with Gasteiger partial charge in [-0.15, -0.1) is 0 Å². The minimum Gasteiger partial charge on any atom is -0.461 e. The smallest absolute Gasteiger partial charge is 0.338 e. The van der Waals surface area contributed by atoms with Crippen LogP contribution in [0.25, 0.3) is 11.1 Å². The van der Waals surface area contributed by atoms with Gasteiger partial charge in [0.05, 0.1) is 5.56 Å². The summed E-state index contributed by atoms with van der Waals surface area (Å²) in [6.45, 7) is 7.16. The molecule has 126 valence electrons. The van der Waals surface area contributed by atoms with Gasteiger partial charge in [-0.3, -0.25) is 0 Å². The Kier molecular flexibility index (Phi) is 4.97. The second-order valence-corrected chi connectivity index (χ2v) is 5.92. The quantitative estimate of drug-likeness (QED) is 0.828. The first-order chi connectivity index (χ1) is 11.7. The number of carbonyl (C=O) groups is 1. The lowest BCUT2D eigenvalue weighted by molar-refractivity contribution is 0.0467. The van der Waals surface area contributed by atoms with E-state index in [1.807, 2.05) is 30.3 Å². The van der Waals surface area contributed by atoms with E-state index < -0.39 is 6.10 Å². The molecule has 0 spiro atoms. The zero-order valence-corrected chi connectivity index (χ0v) is 14.2. The lowest BCUT2D eigenvalue weighted by atomic mass is 9.99. The summed E-state index contributed by atoms with van der Waals surface area (Å²) in [5.41, 5.74) is 3.85. The second kappa shape index (κ2) is 7.16. The number of rotatable bonds is 6. The maximum Gasteiger partial charge on any atom is 0.338 e. The average molecular weight is 325 g/mol. The maximum atomic E-state index is 12.6. The zero-order valence-electron chi connectivity index (χ0n) is 14.2. The fourth-order valence-electron chi connectivity index (χ4n) is 3.28. The van der Waals surface area contributed by atoms with Crippen molar-refractivity contribution in [2.24, 2.45) is 0 Å². The lowest BCUT2D eigenvalue weighted by Gasteiger charge is -2.18. The molecule has 1 atom stereocenters. The van der Waals surface area contributed by atoms with Gasteiger partial charge in [0.1, 0.15) is 12.7 Å². The van der Waals surface area contributed by atoms with Crippen molar-refractivity contribution in [3.05, 3.63) is 59.2 Å². The zero-order chi connectivity index (χ0) is 17.1. The predicted octanol–water partition coefficient (Wildman–Crippen LogP) is 3.25. The highest BCUT2D eigenvalue weighted by molar-refractivity contribution is 6.00. The summed E-state index contributed by atoms with van der Waals surface area (Å²) in [4.78, 5) is 14.8. The average Bonchev–Trinajstić information content (AvgIpc) is 2.92. The highest BCUT2D eigenvalue weighted by atomic mass is 16.5. The topological polar surface area (TPSA) is 49.8 Å². The Bertz CT molecular complexity index is 737. The third-order valence-corrected chi connectivity index (χ3v) is 4.67. The van der Waals surface area contributed by atoms with Gasteiger partial charge in [-0.1, -0.05) is 50.2 Å². The molecule has 4 heteroatoms. The Balaban J connectivity index is 1.83. The monoisotopic (exact) mass is 325 g/mol. The molecule has 0 heterocycles. The molecule has 0 saturated carbocycles. The van der Waals surface area contributed by atoms with E-state index in [1.165, 1.54) is 0 Å². The normalized spacial score (nSPS) is 15.2. The first-order valence-corrected chi connectivity index (χ1v) is 8.47. The molecule has 0 radical (unpaired) electrons. The first-order valence-electron chi connectivity index (χ1n) is 8.47. The molecular weight excluding hydrogens is 302 g/mol. The van der Waals surface area contributed by atoms with Crippen molar-refractivity contribution in [3.63, 3.8) is 0 Å². The summed E-state index contributed by atoms with van der Waals surface area (Å²) in [5, 5.41) is 10.5. The number of carbonyl (C=O) groups excluding carboxylic acids is 1. The van der Waals surface area contributed by atoms with Gasteiger partial charge in [-0.05, 0) is 35.8 Å². The third-order valence-electron chi connectivity index (χ3n) is 4.67. The van der Waals surface area contributed by atoms with Crippen LogP contribution in [0.3, 0.4) is 0 Å². The Morgan fingerprint density at radius 3 is 2.54 bits per heavy atom. The van der Waals surface area contributed by atoms with Crippen molar-refractivity contribution in [2.75, 3.05) is 26.2 Å². The van der Waals surface area contributed by atoms with Crippen LogP contribution >= 0.6 is 0 Å². The summed E-state index contributed by atoms with van der Waals surface area (Å²) in [6, 6.07) is 13.1. The number of hydrogen-bond donors (Lipinski definition) is 1. The number of hydrogen-bond acceptors (Lipinski definition) is 4. The number of benzene rings is 2. The molecule has 4 nitrogen and oxygen atoms in total. The van der Waals surface area contributed by atoms with Gasteiger partial charge in [0.2, 0.25) is 0 Å². The van der Waals surface area contributed by atoms with Crippen molar-refractivity contribution in [1.82, 2.24) is 4.90 Å². The van der Waals surface area contributed by atoms with E-state index in [0.717, 1.165) is 41.9 Å². The van der Waals surface area contributed by atoms with Crippen molar-refractivity contribution in [1.29, 1.82) is 0 Å². The van der Waals surface area contributed by atoms with E-state index in [4.69, 9.17) is 4.74 Å². The molecule has 0 unspecified atom stereocenters. The Morgan fingerprint density at radius 1 is 1.08 bits per heavy atom. The minimum atomic E-state index is -0.681. The van der Waals surface area contributed by atoms with Gasteiger partial charge in [-0.25, -0.2) is 4.79 Å². The highest BCUT2D eigenvalue weighted by Gasteiger charge is 2.30. The van der Waals surface area contributed by atoms with E-state index in [9.17, 15) is 9.90 Å². The largest absolute Gasteiger partial charge is 0.461 e. The second-order valence-electron chi connectivity index (χ2n) is 5.92. The van der Waals surface area contributed by atoms with Crippen molar-refractivity contribution < 1.29 is 14.6 Å². The Morgan fingerprint density at radius 2 is 1.79 bits per heavy atom.